The van der Waals surface area contributed by atoms with Crippen LogP contribution in [0.2, 0.25) is 0 Å². The number of hydrogen-bond donors (Lipinski definition) is 1. The van der Waals surface area contributed by atoms with E-state index >= 15 is 0 Å². The molecule has 1 aromatic heterocycles. The van der Waals surface area contributed by atoms with Gasteiger partial charge < -0.3 is 5.73 Å². The average Bonchev–Trinajstić information content (AvgIpc) is 2.89. The Balaban J connectivity index is 2.20. The topological polar surface area (TPSA) is 68.9 Å². The molecule has 1 saturated carbocycles. The maximum atomic E-state index is 12.8. The van der Waals surface area contributed by atoms with Crippen LogP contribution in [0.4, 0.5) is 4.39 Å². The number of aromatic nitrogens is 2. The molecule has 0 radical (unpaired) electrons. The summed E-state index contributed by atoms with van der Waals surface area (Å²) in [6.07, 6.45) is 1.81. The number of amides is 1. The maximum absolute atomic E-state index is 12.8. The molecule has 0 aromatic carbocycles. The number of carbonyl (C=O) groups excluding carboxylic acids is 1. The van der Waals surface area contributed by atoms with Crippen LogP contribution in [-0.4, -0.2) is 15.9 Å². The van der Waals surface area contributed by atoms with E-state index in [1.165, 1.54) is 0 Å². The lowest BCUT2D eigenvalue weighted by molar-refractivity contribution is -0.119. The molecule has 2 atom stereocenters. The minimum atomic E-state index is -0.426. The van der Waals surface area contributed by atoms with Crippen molar-refractivity contribution in [2.24, 2.45) is 11.7 Å². The van der Waals surface area contributed by atoms with Gasteiger partial charge in [-0.3, -0.25) is 4.79 Å². The van der Waals surface area contributed by atoms with Gasteiger partial charge in [-0.25, -0.2) is 14.4 Å². The summed E-state index contributed by atoms with van der Waals surface area (Å²) in [5.41, 5.74) is 5.44. The van der Waals surface area contributed by atoms with Gasteiger partial charge in [0.2, 0.25) is 5.91 Å². The fraction of sp³-hybridized carbons (Fsp3) is 0.444. The van der Waals surface area contributed by atoms with Crippen LogP contribution in [0.5, 0.6) is 0 Å². The maximum Gasteiger partial charge on any atom is 0.221 e. The molecule has 1 amide bonds. The molecule has 2 rings (SSSR count). The predicted molar refractivity (Wildman–Crippen MR) is 46.8 cm³/mol. The van der Waals surface area contributed by atoms with Crippen LogP contribution in [0.3, 0.4) is 0 Å². The Morgan fingerprint density at radius 2 is 2.43 bits per heavy atom. The lowest BCUT2D eigenvalue weighted by Crippen LogP contribution is -2.14. The molecular weight excluding hydrogens is 185 g/mol. The quantitative estimate of drug-likeness (QED) is 0.747. The zero-order valence-electron chi connectivity index (χ0n) is 7.70. The molecule has 1 aromatic rings. The van der Waals surface area contributed by atoms with Gasteiger partial charge in [0.05, 0.1) is 11.9 Å². The van der Waals surface area contributed by atoms with Crippen molar-refractivity contribution in [3.63, 3.8) is 0 Å². The number of halogens is 1. The second-order valence-electron chi connectivity index (χ2n) is 3.51. The SMILES string of the molecule is Cc1nc(C2CC2C(N)=O)ncc1F. The molecule has 5 heteroatoms. The summed E-state index contributed by atoms with van der Waals surface area (Å²) >= 11 is 0. The Labute approximate surface area is 80.4 Å². The summed E-state index contributed by atoms with van der Waals surface area (Å²) in [5, 5.41) is 0. The third-order valence-electron chi connectivity index (χ3n) is 2.43. The number of primary amides is 1. The van der Waals surface area contributed by atoms with Crippen molar-refractivity contribution in [1.82, 2.24) is 9.97 Å². The first-order valence-electron chi connectivity index (χ1n) is 4.38. The minimum absolute atomic E-state index is 0.00759. The van der Waals surface area contributed by atoms with Crippen molar-refractivity contribution in [3.8, 4) is 0 Å². The van der Waals surface area contributed by atoms with E-state index in [4.69, 9.17) is 5.73 Å². The molecule has 0 spiro atoms. The smallest absolute Gasteiger partial charge is 0.221 e. The van der Waals surface area contributed by atoms with Crippen LogP contribution in [0.25, 0.3) is 0 Å². The summed E-state index contributed by atoms with van der Waals surface area (Å²) in [6.45, 7) is 1.57. The zero-order valence-corrected chi connectivity index (χ0v) is 7.70. The van der Waals surface area contributed by atoms with Crippen LogP contribution < -0.4 is 5.73 Å². The van der Waals surface area contributed by atoms with Crippen molar-refractivity contribution in [1.29, 1.82) is 0 Å². The van der Waals surface area contributed by atoms with Crippen LogP contribution in [0, 0.1) is 18.7 Å². The van der Waals surface area contributed by atoms with Crippen molar-refractivity contribution in [2.45, 2.75) is 19.3 Å². The fourth-order valence-electron chi connectivity index (χ4n) is 1.44. The third kappa shape index (κ3) is 1.45. The molecule has 1 heterocycles. The summed E-state index contributed by atoms with van der Waals surface area (Å²) in [4.78, 5) is 18.6. The molecular formula is C9H10FN3O. The highest BCUT2D eigenvalue weighted by molar-refractivity contribution is 5.80. The number of rotatable bonds is 2. The summed E-state index contributed by atoms with van der Waals surface area (Å²) in [6, 6.07) is 0. The van der Waals surface area contributed by atoms with Crippen molar-refractivity contribution < 1.29 is 9.18 Å². The van der Waals surface area contributed by atoms with Gasteiger partial charge in [-0.1, -0.05) is 0 Å². The Morgan fingerprint density at radius 1 is 1.71 bits per heavy atom. The molecule has 1 aliphatic rings. The normalized spacial score (nSPS) is 24.7. The second-order valence-corrected chi connectivity index (χ2v) is 3.51. The highest BCUT2D eigenvalue weighted by Crippen LogP contribution is 2.45. The van der Waals surface area contributed by atoms with E-state index in [-0.39, 0.29) is 17.7 Å². The van der Waals surface area contributed by atoms with E-state index in [2.05, 4.69) is 9.97 Å². The first-order chi connectivity index (χ1) is 6.59. The van der Waals surface area contributed by atoms with Gasteiger partial charge in [0.1, 0.15) is 5.82 Å². The first-order valence-corrected chi connectivity index (χ1v) is 4.38. The zero-order chi connectivity index (χ0) is 10.3. The van der Waals surface area contributed by atoms with Crippen molar-refractivity contribution in [3.05, 3.63) is 23.5 Å². The Morgan fingerprint density at radius 3 is 2.93 bits per heavy atom. The van der Waals surface area contributed by atoms with Gasteiger partial charge in [0, 0.05) is 11.8 Å². The number of aryl methyl sites for hydroxylation is 1. The van der Waals surface area contributed by atoms with Crippen molar-refractivity contribution >= 4 is 5.91 Å². The van der Waals surface area contributed by atoms with E-state index in [1.807, 2.05) is 0 Å². The Bertz CT molecular complexity index is 394. The molecule has 4 nitrogen and oxygen atoms in total. The monoisotopic (exact) mass is 195 g/mol. The summed E-state index contributed by atoms with van der Waals surface area (Å²) < 4.78 is 12.8. The van der Waals surface area contributed by atoms with Crippen LogP contribution in [0.15, 0.2) is 6.20 Å². The largest absolute Gasteiger partial charge is 0.369 e. The fourth-order valence-corrected chi connectivity index (χ4v) is 1.44. The van der Waals surface area contributed by atoms with E-state index in [9.17, 15) is 9.18 Å². The van der Waals surface area contributed by atoms with Gasteiger partial charge in [-0.05, 0) is 13.3 Å². The second kappa shape index (κ2) is 3.01. The van der Waals surface area contributed by atoms with E-state index in [1.54, 1.807) is 6.92 Å². The number of nitrogens with zero attached hydrogens (tertiary/aromatic N) is 2. The van der Waals surface area contributed by atoms with Crippen molar-refractivity contribution in [2.75, 3.05) is 0 Å². The molecule has 0 aliphatic heterocycles. The van der Waals surface area contributed by atoms with Crippen LogP contribution in [-0.2, 0) is 4.79 Å². The molecule has 2 unspecified atom stereocenters. The molecule has 1 aliphatic carbocycles. The average molecular weight is 195 g/mol. The van der Waals surface area contributed by atoms with Crippen LogP contribution >= 0.6 is 0 Å². The highest BCUT2D eigenvalue weighted by atomic mass is 19.1. The number of nitrogens with two attached hydrogens (primary N) is 1. The number of hydrogen-bond acceptors (Lipinski definition) is 3. The lowest BCUT2D eigenvalue weighted by Gasteiger charge is -1.99. The Kier molecular flexibility index (Phi) is 1.94. The van der Waals surface area contributed by atoms with E-state index in [0.717, 1.165) is 6.20 Å². The summed E-state index contributed by atoms with van der Waals surface area (Å²) in [7, 11) is 0. The van der Waals surface area contributed by atoms with Gasteiger partial charge in [-0.2, -0.15) is 0 Å². The molecule has 0 saturated heterocycles. The molecule has 14 heavy (non-hydrogen) atoms. The van der Waals surface area contributed by atoms with E-state index < -0.39 is 5.82 Å². The lowest BCUT2D eigenvalue weighted by atomic mass is 10.3. The number of carbonyl (C=O) groups is 1. The molecule has 74 valence electrons. The molecule has 0 bridgehead atoms. The van der Waals surface area contributed by atoms with Gasteiger partial charge in [0.25, 0.3) is 0 Å². The molecule has 2 N–H and O–H groups in total. The summed E-state index contributed by atoms with van der Waals surface area (Å²) in [5.74, 6) is -0.412. The standard InChI is InChI=1S/C9H10FN3O/c1-4-7(10)3-12-9(13-4)6-2-5(6)8(11)14/h3,5-6H,2H2,1H3,(H2,11,14). The Hall–Kier alpha value is -1.52. The van der Waals surface area contributed by atoms with E-state index in [0.29, 0.717) is 17.9 Å². The predicted octanol–water partition coefficient (Wildman–Crippen LogP) is 0.513. The molecule has 1 fully saturated rings. The van der Waals surface area contributed by atoms with Crippen LogP contribution in [0.1, 0.15) is 23.9 Å². The van der Waals surface area contributed by atoms with Gasteiger partial charge in [0.15, 0.2) is 5.82 Å². The highest BCUT2D eigenvalue weighted by Gasteiger charge is 2.44. The van der Waals surface area contributed by atoms with Gasteiger partial charge in [-0.15, -0.1) is 0 Å². The minimum Gasteiger partial charge on any atom is -0.369 e. The third-order valence-corrected chi connectivity index (χ3v) is 2.43. The first kappa shape index (κ1) is 9.05. The van der Waals surface area contributed by atoms with Gasteiger partial charge >= 0.3 is 0 Å².